The van der Waals surface area contributed by atoms with E-state index in [9.17, 15) is 0 Å². The molecule has 604 valence electrons. The quantitative estimate of drug-likeness (QED) is 0.120. The molecule has 8 heteroatoms. The molecule has 6 nitrogen and oxygen atoms in total. The van der Waals surface area contributed by atoms with Gasteiger partial charge in [0.25, 0.3) is 13.4 Å². The molecule has 0 saturated heterocycles. The minimum atomic E-state index is -0.336. The van der Waals surface area contributed by atoms with Gasteiger partial charge in [0.1, 0.15) is 11.5 Å². The van der Waals surface area contributed by atoms with Crippen molar-refractivity contribution in [3.8, 4) is 61.7 Å². The monoisotopic (exact) mass is 1600 g/mol. The molecule has 21 rings (SSSR count). The van der Waals surface area contributed by atoms with Gasteiger partial charge in [-0.25, -0.2) is 0 Å². The fourth-order valence-electron chi connectivity index (χ4n) is 20.1. The Morgan fingerprint density at radius 3 is 1.05 bits per heavy atom. The summed E-state index contributed by atoms with van der Waals surface area (Å²) in [5, 5.41) is 2.47. The highest BCUT2D eigenvalue weighted by atomic mass is 16.5. The molecular formula is C116H103B2N5O. The first-order valence-corrected chi connectivity index (χ1v) is 44.2. The lowest BCUT2D eigenvalue weighted by atomic mass is 9.30. The lowest BCUT2D eigenvalue weighted by Crippen LogP contribution is -2.64. The first kappa shape index (κ1) is 77.8. The average molecular weight is 1600 g/mol. The van der Waals surface area contributed by atoms with Crippen LogP contribution in [0.15, 0.2) is 352 Å². The van der Waals surface area contributed by atoms with Crippen LogP contribution in [0.25, 0.3) is 72.0 Å². The van der Waals surface area contributed by atoms with Gasteiger partial charge in [-0.2, -0.15) is 0 Å². The van der Waals surface area contributed by atoms with Gasteiger partial charge in [-0.05, 0) is 207 Å². The zero-order chi connectivity index (χ0) is 85.2. The number of fused-ring (bicyclic) bond motifs is 11. The maximum Gasteiger partial charge on any atom is 0.256 e. The van der Waals surface area contributed by atoms with Gasteiger partial charge < -0.3 is 28.9 Å². The smallest absolute Gasteiger partial charge is 0.256 e. The maximum absolute atomic E-state index is 7.88. The molecule has 5 heterocycles. The fraction of sp³-hybridized carbons (Fsp3) is 0.172. The zero-order valence-electron chi connectivity index (χ0n) is 73.8. The molecule has 1 aromatic heterocycles. The molecule has 16 aromatic carbocycles. The third-order valence-corrected chi connectivity index (χ3v) is 26.6. The Bertz CT molecular complexity index is 6860. The molecule has 124 heavy (non-hydrogen) atoms. The van der Waals surface area contributed by atoms with Crippen molar-refractivity contribution in [3.63, 3.8) is 0 Å². The number of anilines is 12. The molecule has 0 bridgehead atoms. The van der Waals surface area contributed by atoms with Gasteiger partial charge >= 0.3 is 0 Å². The summed E-state index contributed by atoms with van der Waals surface area (Å²) in [6.45, 7) is 34.5. The number of aromatic nitrogens is 1. The van der Waals surface area contributed by atoms with Crippen LogP contribution in [0.1, 0.15) is 132 Å². The van der Waals surface area contributed by atoms with Crippen LogP contribution in [0.4, 0.5) is 68.2 Å². The van der Waals surface area contributed by atoms with Gasteiger partial charge in [0.15, 0.2) is 0 Å². The Morgan fingerprint density at radius 2 is 0.605 bits per heavy atom. The predicted molar refractivity (Wildman–Crippen MR) is 531 cm³/mol. The van der Waals surface area contributed by atoms with Crippen LogP contribution in [0.2, 0.25) is 0 Å². The first-order chi connectivity index (χ1) is 59.7. The van der Waals surface area contributed by atoms with Crippen LogP contribution >= 0.6 is 0 Å². The van der Waals surface area contributed by atoms with E-state index in [1.807, 2.05) is 0 Å². The van der Waals surface area contributed by atoms with E-state index in [-0.39, 0.29) is 40.5 Å². The van der Waals surface area contributed by atoms with Gasteiger partial charge in [0, 0.05) is 90.3 Å². The molecule has 0 amide bonds. The van der Waals surface area contributed by atoms with E-state index < -0.39 is 0 Å². The molecular weight excluding hydrogens is 1500 g/mol. The highest BCUT2D eigenvalue weighted by Crippen LogP contribution is 2.56. The molecule has 4 aliphatic heterocycles. The Hall–Kier alpha value is -13.6. The van der Waals surface area contributed by atoms with Crippen LogP contribution in [0.5, 0.6) is 11.5 Å². The number of benzene rings is 16. The molecule has 0 unspecified atom stereocenters. The van der Waals surface area contributed by atoms with Gasteiger partial charge in [-0.1, -0.05) is 353 Å². The van der Waals surface area contributed by atoms with Crippen LogP contribution in [-0.4, -0.2) is 18.0 Å². The molecule has 4 aliphatic rings. The molecule has 17 aromatic rings. The van der Waals surface area contributed by atoms with Gasteiger partial charge in [0.05, 0.1) is 33.8 Å². The summed E-state index contributed by atoms with van der Waals surface area (Å²) in [4.78, 5) is 10.5. The summed E-state index contributed by atoms with van der Waals surface area (Å²) in [7, 11) is 0. The second-order valence-electron chi connectivity index (χ2n) is 39.7. The van der Waals surface area contributed by atoms with E-state index in [4.69, 9.17) is 4.74 Å². The van der Waals surface area contributed by atoms with Crippen molar-refractivity contribution >= 4 is 136 Å². The number of nitrogens with zero attached hydrogens (tertiary/aromatic N) is 5. The summed E-state index contributed by atoms with van der Waals surface area (Å²) < 4.78 is 10.5. The second kappa shape index (κ2) is 29.1. The van der Waals surface area contributed by atoms with Crippen molar-refractivity contribution in [2.45, 2.75) is 131 Å². The Balaban J connectivity index is 0.957. The van der Waals surface area contributed by atoms with Crippen LogP contribution in [0.3, 0.4) is 0 Å². The van der Waals surface area contributed by atoms with Gasteiger partial charge in [-0.3, -0.25) is 0 Å². The number of ether oxygens (including phenoxy) is 1. The first-order valence-electron chi connectivity index (χ1n) is 44.2. The zero-order valence-corrected chi connectivity index (χ0v) is 73.8. The van der Waals surface area contributed by atoms with Crippen LogP contribution < -0.4 is 57.1 Å². The minimum absolute atomic E-state index is 0.114. The lowest BCUT2D eigenvalue weighted by Gasteiger charge is -2.47. The fourth-order valence-corrected chi connectivity index (χ4v) is 20.1. The molecule has 0 atom stereocenters. The molecule has 0 aliphatic carbocycles. The van der Waals surface area contributed by atoms with Crippen LogP contribution in [0, 0.1) is 0 Å². The summed E-state index contributed by atoms with van der Waals surface area (Å²) >= 11 is 0. The highest BCUT2D eigenvalue weighted by molar-refractivity contribution is 7.02. The van der Waals surface area contributed by atoms with Crippen molar-refractivity contribution in [1.29, 1.82) is 0 Å². The van der Waals surface area contributed by atoms with E-state index >= 15 is 0 Å². The van der Waals surface area contributed by atoms with E-state index in [0.29, 0.717) is 0 Å². The molecule has 0 fully saturated rings. The normalized spacial score (nSPS) is 13.4. The van der Waals surface area contributed by atoms with Crippen molar-refractivity contribution in [3.05, 3.63) is 380 Å². The number of hydrogen-bond acceptors (Lipinski definition) is 5. The topological polar surface area (TPSA) is 27.1 Å². The summed E-state index contributed by atoms with van der Waals surface area (Å²) in [5.74, 6) is 1.68. The van der Waals surface area contributed by atoms with Crippen molar-refractivity contribution < 1.29 is 4.74 Å². The predicted octanol–water partition coefficient (Wildman–Crippen LogP) is 27.9. The molecule has 0 spiro atoms. The molecule has 0 radical (unpaired) electrons. The SMILES string of the molecule is CC(C)(C)c1ccc(N2c3cc4c(cc3B3c5ccc(C(C)(C)C)cc5N(c5c(-c6ccccc6)cccc5-c5ccccc5)c5cc(-n6c7ccc(C(C)(C)C)cc7c7cc(C(C)(C)C)ccc76)cc2c53)B2c3ccc(C(C)(C)C)cc3Oc3cc(N(c5ccccc5)c5ccccc5)cc(c32)N4c2c(-c3ccccc3)cccc2-c2ccccc2)cc1. The average Bonchev–Trinajstić information content (AvgIpc) is 0.744. The van der Waals surface area contributed by atoms with Crippen molar-refractivity contribution in [2.75, 3.05) is 19.6 Å². The van der Waals surface area contributed by atoms with Crippen molar-refractivity contribution in [1.82, 2.24) is 4.57 Å². The largest absolute Gasteiger partial charge is 0.458 e. The maximum atomic E-state index is 7.88. The summed E-state index contributed by atoms with van der Waals surface area (Å²) in [5.41, 5.74) is 37.8. The highest BCUT2D eigenvalue weighted by Gasteiger charge is 2.50. The van der Waals surface area contributed by atoms with E-state index in [0.717, 1.165) is 152 Å². The Kier molecular flexibility index (Phi) is 18.2. The third kappa shape index (κ3) is 13.0. The van der Waals surface area contributed by atoms with Crippen LogP contribution in [-0.2, 0) is 27.1 Å². The van der Waals surface area contributed by atoms with E-state index in [2.05, 4.69) is 480 Å². The van der Waals surface area contributed by atoms with E-state index in [1.165, 1.54) is 60.4 Å². The summed E-state index contributed by atoms with van der Waals surface area (Å²) in [6, 6.07) is 134. The summed E-state index contributed by atoms with van der Waals surface area (Å²) in [6.07, 6.45) is 0. The van der Waals surface area contributed by atoms with Crippen molar-refractivity contribution in [2.24, 2.45) is 0 Å². The van der Waals surface area contributed by atoms with Gasteiger partial charge in [-0.15, -0.1) is 0 Å². The number of para-hydroxylation sites is 4. The number of hydrogen-bond donors (Lipinski definition) is 0. The Morgan fingerprint density at radius 1 is 0.242 bits per heavy atom. The lowest BCUT2D eigenvalue weighted by molar-refractivity contribution is 0.483. The second-order valence-corrected chi connectivity index (χ2v) is 39.7. The van der Waals surface area contributed by atoms with E-state index in [1.54, 1.807) is 0 Å². The third-order valence-electron chi connectivity index (χ3n) is 26.6. The van der Waals surface area contributed by atoms with Gasteiger partial charge in [0.2, 0.25) is 0 Å². The molecule has 0 saturated carbocycles. The Labute approximate surface area is 732 Å². The molecule has 0 N–H and O–H groups in total. The standard InChI is InChI=1S/C116H103B2N5O/c1-112(2,3)78-52-58-85(59-53-78)120-101-73-102-97(118-95-61-55-82(116(13,14)15)67-106(95)124-107-71-87(119(83-44-30-20-31-45-83)84-46-32-21-33-47-84)70-105(109(107)118)123(102)111-90(76-40-26-18-27-41-76)50-35-51-91(111)77-42-28-19-29-43-77)72-96(101)117-94-60-54-81(115(10,11)12)66-100(94)122(110-88(74-36-22-16-23-37-74)48-34-49-89(110)75-38-24-17-25-39-75)104-69-86(68-103(120)108(104)117)121-98-62-56-79(113(4,5)6)64-92(98)93-65-80(114(7,8)9)57-63-99(93)121/h16-73H,1-15H3. The minimum Gasteiger partial charge on any atom is -0.458 e. The number of rotatable bonds is 11.